The van der Waals surface area contributed by atoms with Crippen LogP contribution in [0.1, 0.15) is 15.9 Å². The number of carbonyl (C=O) groups excluding carboxylic acids is 1. The highest BCUT2D eigenvalue weighted by Gasteiger charge is 2.30. The predicted molar refractivity (Wildman–Crippen MR) is 131 cm³/mol. The number of nitrogens with zero attached hydrogens (tertiary/aromatic N) is 5. The molecule has 1 saturated heterocycles. The van der Waals surface area contributed by atoms with Crippen LogP contribution in [0, 0.1) is 10.1 Å². The number of nitro groups is 1. The van der Waals surface area contributed by atoms with E-state index in [1.54, 1.807) is 24.3 Å². The molecule has 1 aromatic heterocycles. The second-order valence-electron chi connectivity index (χ2n) is 8.16. The minimum atomic E-state index is -0.557. The number of anilines is 2. The molecule has 5 rings (SSSR count). The van der Waals surface area contributed by atoms with E-state index in [1.807, 2.05) is 23.1 Å². The van der Waals surface area contributed by atoms with Gasteiger partial charge in [-0.15, -0.1) is 0 Å². The fraction of sp³-hybridized carbons (Fsp3) is 0.261. The summed E-state index contributed by atoms with van der Waals surface area (Å²) in [6.45, 7) is 3.39. The van der Waals surface area contributed by atoms with Gasteiger partial charge in [-0.1, -0.05) is 29.8 Å². The summed E-state index contributed by atoms with van der Waals surface area (Å²) in [7, 11) is 0. The molecule has 2 aliphatic rings. The molecule has 0 unspecified atom stereocenters. The van der Waals surface area contributed by atoms with Crippen LogP contribution in [0.2, 0.25) is 5.02 Å². The Labute approximate surface area is 210 Å². The van der Waals surface area contributed by atoms with Gasteiger partial charge in [0.25, 0.3) is 5.91 Å². The van der Waals surface area contributed by atoms with Crippen molar-refractivity contribution < 1.29 is 19.2 Å². The largest absolute Gasteiger partial charge is 0.454 e. The van der Waals surface area contributed by atoms with E-state index in [4.69, 9.17) is 21.1 Å². The van der Waals surface area contributed by atoms with E-state index in [0.717, 1.165) is 23.6 Å². The molecule has 36 heavy (non-hydrogen) atoms. The summed E-state index contributed by atoms with van der Waals surface area (Å²) in [6.07, 6.45) is 1.23. The number of aromatic nitrogens is 2. The van der Waals surface area contributed by atoms with Crippen molar-refractivity contribution in [3.05, 3.63) is 75.1 Å². The first-order valence-electron chi connectivity index (χ1n) is 11.2. The van der Waals surface area contributed by atoms with Crippen LogP contribution in [-0.4, -0.2) is 58.7 Å². The lowest BCUT2D eigenvalue weighted by Crippen LogP contribution is -2.46. The third kappa shape index (κ3) is 4.95. The maximum atomic E-state index is 12.5. The molecule has 2 aliphatic heterocycles. The van der Waals surface area contributed by atoms with Gasteiger partial charge in [0, 0.05) is 32.7 Å². The van der Waals surface area contributed by atoms with Gasteiger partial charge in [-0.2, -0.15) is 0 Å². The van der Waals surface area contributed by atoms with E-state index in [9.17, 15) is 14.9 Å². The third-order valence-electron chi connectivity index (χ3n) is 5.91. The molecular formula is C23H22ClN7O5. The van der Waals surface area contributed by atoms with Crippen LogP contribution in [0.5, 0.6) is 11.5 Å². The number of halogens is 1. The first-order chi connectivity index (χ1) is 17.5. The van der Waals surface area contributed by atoms with E-state index in [0.29, 0.717) is 26.2 Å². The molecule has 0 spiro atoms. The van der Waals surface area contributed by atoms with Gasteiger partial charge in [-0.3, -0.25) is 30.7 Å². The van der Waals surface area contributed by atoms with E-state index in [1.165, 1.54) is 6.33 Å². The van der Waals surface area contributed by atoms with Crippen molar-refractivity contribution in [3.63, 3.8) is 0 Å². The van der Waals surface area contributed by atoms with Crippen LogP contribution in [0.25, 0.3) is 0 Å². The number of hydrazine groups is 1. The molecule has 2 aromatic carbocycles. The monoisotopic (exact) mass is 511 g/mol. The summed E-state index contributed by atoms with van der Waals surface area (Å²) < 4.78 is 10.8. The highest BCUT2D eigenvalue weighted by Crippen LogP contribution is 2.34. The summed E-state index contributed by atoms with van der Waals surface area (Å²) in [5.74, 6) is 1.00. The highest BCUT2D eigenvalue weighted by atomic mass is 35.5. The molecule has 3 heterocycles. The second-order valence-corrected chi connectivity index (χ2v) is 8.57. The molecular weight excluding hydrogens is 490 g/mol. The number of hydrogen-bond donors (Lipinski definition) is 2. The molecule has 0 radical (unpaired) electrons. The molecule has 0 atom stereocenters. The van der Waals surface area contributed by atoms with Gasteiger partial charge in [-0.05, 0) is 29.8 Å². The Morgan fingerprint density at radius 3 is 2.64 bits per heavy atom. The maximum absolute atomic E-state index is 12.5. The molecule has 1 fully saturated rings. The van der Waals surface area contributed by atoms with Crippen molar-refractivity contribution in [1.82, 2.24) is 20.3 Å². The zero-order chi connectivity index (χ0) is 25.1. The first kappa shape index (κ1) is 23.6. The maximum Gasteiger partial charge on any atom is 0.355 e. The number of amides is 1. The molecule has 13 heteroatoms. The van der Waals surface area contributed by atoms with Crippen LogP contribution in [0.15, 0.2) is 48.8 Å². The molecule has 186 valence electrons. The van der Waals surface area contributed by atoms with Crippen LogP contribution in [0.4, 0.5) is 17.3 Å². The quantitative estimate of drug-likeness (QED) is 0.360. The second kappa shape index (κ2) is 10.2. The van der Waals surface area contributed by atoms with Gasteiger partial charge < -0.3 is 14.4 Å². The number of carbonyl (C=O) groups is 1. The van der Waals surface area contributed by atoms with Crippen molar-refractivity contribution in [2.24, 2.45) is 0 Å². The van der Waals surface area contributed by atoms with E-state index >= 15 is 0 Å². The minimum Gasteiger partial charge on any atom is -0.454 e. The normalized spacial score (nSPS) is 15.0. The Morgan fingerprint density at radius 2 is 1.86 bits per heavy atom. The van der Waals surface area contributed by atoms with Gasteiger partial charge in [0.05, 0.1) is 15.5 Å². The number of nitrogens with one attached hydrogen (secondary N) is 2. The van der Waals surface area contributed by atoms with Crippen LogP contribution in [-0.2, 0) is 6.54 Å². The van der Waals surface area contributed by atoms with Gasteiger partial charge in [0.2, 0.25) is 18.4 Å². The van der Waals surface area contributed by atoms with Gasteiger partial charge in [0.1, 0.15) is 6.33 Å². The van der Waals surface area contributed by atoms with Crippen LogP contribution >= 0.6 is 11.6 Å². The lowest BCUT2D eigenvalue weighted by atomic mass is 10.1. The Kier molecular flexibility index (Phi) is 6.69. The third-order valence-corrected chi connectivity index (χ3v) is 6.24. The summed E-state index contributed by atoms with van der Waals surface area (Å²) >= 11 is 6.05. The van der Waals surface area contributed by atoms with E-state index in [-0.39, 0.29) is 34.7 Å². The smallest absolute Gasteiger partial charge is 0.355 e. The zero-order valence-electron chi connectivity index (χ0n) is 19.0. The van der Waals surface area contributed by atoms with Crippen molar-refractivity contribution >= 4 is 34.8 Å². The van der Waals surface area contributed by atoms with Crippen molar-refractivity contribution in [3.8, 4) is 11.5 Å². The molecule has 12 nitrogen and oxygen atoms in total. The summed E-state index contributed by atoms with van der Waals surface area (Å²) in [4.78, 5) is 36.1. The highest BCUT2D eigenvalue weighted by molar-refractivity contribution is 6.33. The number of hydrogen-bond acceptors (Lipinski definition) is 10. The standard InChI is InChI=1S/C23H22ClN7O5/c24-17-4-2-1-3-16(17)23(32)28-27-21-20(31(33)34)22(26-13-25-21)30-9-7-29(8-10-30)12-15-5-6-18-19(11-15)36-14-35-18/h1-6,11,13H,7-10,12,14H2,(H,28,32)(H,25,26,27). The van der Waals surface area contributed by atoms with E-state index < -0.39 is 10.8 Å². The van der Waals surface area contributed by atoms with Crippen molar-refractivity contribution in [2.45, 2.75) is 6.54 Å². The van der Waals surface area contributed by atoms with Gasteiger partial charge in [-0.25, -0.2) is 9.97 Å². The number of benzene rings is 2. The minimum absolute atomic E-state index is 0.117. The predicted octanol–water partition coefficient (Wildman–Crippen LogP) is 2.85. The Bertz CT molecular complexity index is 1300. The molecule has 0 bridgehead atoms. The molecule has 0 saturated carbocycles. The van der Waals surface area contributed by atoms with Gasteiger partial charge in [0.15, 0.2) is 11.5 Å². The molecule has 1 amide bonds. The number of fused-ring (bicyclic) bond motifs is 1. The molecule has 2 N–H and O–H groups in total. The number of rotatable bonds is 7. The summed E-state index contributed by atoms with van der Waals surface area (Å²) in [5, 5.41) is 12.2. The van der Waals surface area contributed by atoms with Crippen molar-refractivity contribution in [1.29, 1.82) is 0 Å². The fourth-order valence-electron chi connectivity index (χ4n) is 4.10. The molecule has 0 aliphatic carbocycles. The topological polar surface area (TPSA) is 135 Å². The fourth-order valence-corrected chi connectivity index (χ4v) is 4.33. The Morgan fingerprint density at radius 1 is 1.08 bits per heavy atom. The van der Waals surface area contributed by atoms with Crippen molar-refractivity contribution in [2.75, 3.05) is 43.3 Å². The van der Waals surface area contributed by atoms with Crippen LogP contribution < -0.4 is 25.2 Å². The summed E-state index contributed by atoms with van der Waals surface area (Å²) in [5.41, 5.74) is 5.98. The zero-order valence-corrected chi connectivity index (χ0v) is 19.8. The first-order valence-corrected chi connectivity index (χ1v) is 11.5. The SMILES string of the molecule is O=C(NNc1ncnc(N2CCN(Cc3ccc4c(c3)OCO4)CC2)c1[N+](=O)[O-])c1ccccc1Cl. The van der Waals surface area contributed by atoms with Crippen LogP contribution in [0.3, 0.4) is 0 Å². The Balaban J connectivity index is 1.25. The average Bonchev–Trinajstić information content (AvgIpc) is 3.36. The van der Waals surface area contributed by atoms with Gasteiger partial charge >= 0.3 is 5.69 Å². The average molecular weight is 512 g/mol. The van der Waals surface area contributed by atoms with E-state index in [2.05, 4.69) is 25.7 Å². The lowest BCUT2D eigenvalue weighted by molar-refractivity contribution is -0.383. The number of ether oxygens (including phenoxy) is 2. The summed E-state index contributed by atoms with van der Waals surface area (Å²) in [6, 6.07) is 12.4. The molecule has 3 aromatic rings. The number of piperazine rings is 1. The Hall–Kier alpha value is -4.16. The lowest BCUT2D eigenvalue weighted by Gasteiger charge is -2.35.